The molecule has 5 nitrogen and oxygen atoms in total. The Bertz CT molecular complexity index is 393. The maximum absolute atomic E-state index is 5.38. The van der Waals surface area contributed by atoms with E-state index in [1.54, 1.807) is 0 Å². The largest absolute Gasteiger partial charge is 0.356 e. The van der Waals surface area contributed by atoms with Crippen LogP contribution in [-0.4, -0.2) is 23.1 Å². The number of hydrogen-bond donors (Lipinski definition) is 2. The third-order valence-corrected chi connectivity index (χ3v) is 3.80. The fraction of sp³-hybridized carbons (Fsp3) is 0.692. The standard InChI is InChI=1S/C13H23N5/c1-3-11-5-4-7-18(8-6-11)12-10(2)9-15-13(16-12)17-14/h9,11H,3-8,14H2,1-2H3,(H,15,16,17). The summed E-state index contributed by atoms with van der Waals surface area (Å²) >= 11 is 0. The molecule has 3 N–H and O–H groups in total. The first kappa shape index (κ1) is 13.1. The lowest BCUT2D eigenvalue weighted by molar-refractivity contribution is 0.459. The van der Waals surface area contributed by atoms with Crippen molar-refractivity contribution in [3.8, 4) is 0 Å². The molecule has 2 rings (SSSR count). The van der Waals surface area contributed by atoms with Crippen molar-refractivity contribution >= 4 is 11.8 Å². The Morgan fingerprint density at radius 1 is 1.44 bits per heavy atom. The van der Waals surface area contributed by atoms with Crippen molar-refractivity contribution in [3.63, 3.8) is 0 Å². The smallest absolute Gasteiger partial charge is 0.239 e. The number of rotatable bonds is 3. The molecule has 1 aromatic rings. The van der Waals surface area contributed by atoms with Crippen molar-refractivity contribution in [2.75, 3.05) is 23.4 Å². The van der Waals surface area contributed by atoms with Gasteiger partial charge in [0.05, 0.1) is 0 Å². The van der Waals surface area contributed by atoms with Crippen LogP contribution in [-0.2, 0) is 0 Å². The van der Waals surface area contributed by atoms with E-state index in [0.717, 1.165) is 30.4 Å². The summed E-state index contributed by atoms with van der Waals surface area (Å²) in [7, 11) is 0. The third-order valence-electron chi connectivity index (χ3n) is 3.80. The molecule has 0 saturated carbocycles. The van der Waals surface area contributed by atoms with Gasteiger partial charge in [0.25, 0.3) is 0 Å². The molecule has 0 amide bonds. The Kier molecular flexibility index (Phi) is 4.36. The minimum atomic E-state index is 0.492. The molecule has 0 aromatic carbocycles. The molecule has 1 aliphatic rings. The topological polar surface area (TPSA) is 67.1 Å². The van der Waals surface area contributed by atoms with Gasteiger partial charge < -0.3 is 4.90 Å². The minimum absolute atomic E-state index is 0.492. The Morgan fingerprint density at radius 3 is 3.00 bits per heavy atom. The zero-order valence-electron chi connectivity index (χ0n) is 11.3. The molecule has 1 fully saturated rings. The summed E-state index contributed by atoms with van der Waals surface area (Å²) in [6.45, 7) is 6.50. The monoisotopic (exact) mass is 249 g/mol. The molecule has 1 unspecified atom stereocenters. The second-order valence-corrected chi connectivity index (χ2v) is 5.04. The van der Waals surface area contributed by atoms with Gasteiger partial charge >= 0.3 is 0 Å². The van der Waals surface area contributed by atoms with Crippen LogP contribution in [0.1, 0.15) is 38.2 Å². The summed E-state index contributed by atoms with van der Waals surface area (Å²) < 4.78 is 0. The molecule has 0 spiro atoms. The third kappa shape index (κ3) is 2.90. The molecule has 5 heteroatoms. The van der Waals surface area contributed by atoms with Crippen molar-refractivity contribution in [1.82, 2.24) is 9.97 Å². The van der Waals surface area contributed by atoms with Crippen molar-refractivity contribution in [3.05, 3.63) is 11.8 Å². The summed E-state index contributed by atoms with van der Waals surface area (Å²) in [5.74, 6) is 7.76. The second kappa shape index (κ2) is 6.00. The van der Waals surface area contributed by atoms with E-state index in [1.165, 1.54) is 25.7 Å². The number of nitrogens with zero attached hydrogens (tertiary/aromatic N) is 3. The van der Waals surface area contributed by atoms with Gasteiger partial charge in [-0.2, -0.15) is 4.98 Å². The predicted molar refractivity (Wildman–Crippen MR) is 74.4 cm³/mol. The maximum atomic E-state index is 5.38. The molecule has 0 bridgehead atoms. The van der Waals surface area contributed by atoms with Gasteiger partial charge in [-0.15, -0.1) is 0 Å². The molecular weight excluding hydrogens is 226 g/mol. The fourth-order valence-electron chi connectivity index (χ4n) is 2.61. The highest BCUT2D eigenvalue weighted by Crippen LogP contribution is 2.25. The molecule has 2 heterocycles. The summed E-state index contributed by atoms with van der Waals surface area (Å²) in [6.07, 6.45) is 6.95. The van der Waals surface area contributed by atoms with Crippen LogP contribution in [0.3, 0.4) is 0 Å². The lowest BCUT2D eigenvalue weighted by Gasteiger charge is -2.23. The summed E-state index contributed by atoms with van der Waals surface area (Å²) in [5, 5.41) is 0. The van der Waals surface area contributed by atoms with Crippen molar-refractivity contribution in [2.24, 2.45) is 11.8 Å². The van der Waals surface area contributed by atoms with Gasteiger partial charge in [-0.1, -0.05) is 13.3 Å². The first-order chi connectivity index (χ1) is 8.74. The van der Waals surface area contributed by atoms with Gasteiger partial charge in [-0.3, -0.25) is 5.43 Å². The number of nitrogens with one attached hydrogen (secondary N) is 1. The number of nitrogens with two attached hydrogens (primary N) is 1. The van der Waals surface area contributed by atoms with Crippen LogP contribution < -0.4 is 16.2 Å². The van der Waals surface area contributed by atoms with Gasteiger partial charge in [0.2, 0.25) is 5.95 Å². The van der Waals surface area contributed by atoms with E-state index in [1.807, 2.05) is 6.20 Å². The van der Waals surface area contributed by atoms with Gasteiger partial charge in [0, 0.05) is 24.8 Å². The highest BCUT2D eigenvalue weighted by Gasteiger charge is 2.18. The van der Waals surface area contributed by atoms with Crippen LogP contribution in [0.4, 0.5) is 11.8 Å². The zero-order chi connectivity index (χ0) is 13.0. The van der Waals surface area contributed by atoms with Crippen molar-refractivity contribution in [2.45, 2.75) is 39.5 Å². The Labute approximate surface area is 109 Å². The lowest BCUT2D eigenvalue weighted by Crippen LogP contribution is -2.27. The summed E-state index contributed by atoms with van der Waals surface area (Å²) in [4.78, 5) is 11.0. The van der Waals surface area contributed by atoms with Gasteiger partial charge in [0.15, 0.2) is 0 Å². The second-order valence-electron chi connectivity index (χ2n) is 5.04. The Balaban J connectivity index is 2.15. The quantitative estimate of drug-likeness (QED) is 0.634. The molecule has 1 aromatic heterocycles. The Morgan fingerprint density at radius 2 is 2.28 bits per heavy atom. The predicted octanol–water partition coefficient (Wildman–Crippen LogP) is 2.09. The molecule has 1 saturated heterocycles. The molecule has 0 aliphatic carbocycles. The van der Waals surface area contributed by atoms with E-state index in [0.29, 0.717) is 5.95 Å². The molecule has 1 aliphatic heterocycles. The van der Waals surface area contributed by atoms with E-state index in [4.69, 9.17) is 5.84 Å². The fourth-order valence-corrected chi connectivity index (χ4v) is 2.61. The van der Waals surface area contributed by atoms with Crippen LogP contribution in [0.5, 0.6) is 0 Å². The van der Waals surface area contributed by atoms with Crippen LogP contribution in [0.2, 0.25) is 0 Å². The van der Waals surface area contributed by atoms with Crippen LogP contribution >= 0.6 is 0 Å². The minimum Gasteiger partial charge on any atom is -0.356 e. The number of hydrogen-bond acceptors (Lipinski definition) is 5. The van der Waals surface area contributed by atoms with Gasteiger partial charge in [-0.25, -0.2) is 10.8 Å². The maximum Gasteiger partial charge on any atom is 0.239 e. The van der Waals surface area contributed by atoms with Gasteiger partial charge in [-0.05, 0) is 32.1 Å². The number of hydrazine groups is 1. The molecular formula is C13H23N5. The van der Waals surface area contributed by atoms with Crippen molar-refractivity contribution in [1.29, 1.82) is 0 Å². The summed E-state index contributed by atoms with van der Waals surface area (Å²) in [6, 6.07) is 0. The van der Waals surface area contributed by atoms with Crippen molar-refractivity contribution < 1.29 is 0 Å². The zero-order valence-corrected chi connectivity index (χ0v) is 11.3. The highest BCUT2D eigenvalue weighted by molar-refractivity contribution is 5.48. The molecule has 1 atom stereocenters. The molecule has 0 radical (unpaired) electrons. The number of aryl methyl sites for hydroxylation is 1. The van der Waals surface area contributed by atoms with E-state index in [9.17, 15) is 0 Å². The average Bonchev–Trinajstić information content (AvgIpc) is 2.64. The van der Waals surface area contributed by atoms with Crippen LogP contribution in [0.25, 0.3) is 0 Å². The Hall–Kier alpha value is -1.36. The average molecular weight is 249 g/mol. The SMILES string of the molecule is CCC1CCCN(c2nc(NN)ncc2C)CC1. The van der Waals surface area contributed by atoms with E-state index >= 15 is 0 Å². The van der Waals surface area contributed by atoms with E-state index in [2.05, 4.69) is 34.1 Å². The highest BCUT2D eigenvalue weighted by atomic mass is 15.3. The summed E-state index contributed by atoms with van der Waals surface area (Å²) in [5.41, 5.74) is 3.64. The van der Waals surface area contributed by atoms with Crippen LogP contribution in [0.15, 0.2) is 6.20 Å². The van der Waals surface area contributed by atoms with E-state index in [-0.39, 0.29) is 0 Å². The first-order valence-electron chi connectivity index (χ1n) is 6.79. The number of anilines is 2. The van der Waals surface area contributed by atoms with Crippen LogP contribution in [0, 0.1) is 12.8 Å². The molecule has 100 valence electrons. The molecule has 18 heavy (non-hydrogen) atoms. The van der Waals surface area contributed by atoms with E-state index < -0.39 is 0 Å². The normalized spacial score (nSPS) is 20.6. The first-order valence-corrected chi connectivity index (χ1v) is 6.79. The van der Waals surface area contributed by atoms with Gasteiger partial charge in [0.1, 0.15) is 5.82 Å². The number of nitrogen functional groups attached to an aromatic ring is 1. The number of aromatic nitrogens is 2. The lowest BCUT2D eigenvalue weighted by atomic mass is 9.98.